The number of anilines is 1. The molecule has 2 aromatic heterocycles. The van der Waals surface area contributed by atoms with Crippen LogP contribution < -0.4 is 5.32 Å². The maximum absolute atomic E-state index is 9.87. The predicted octanol–water partition coefficient (Wildman–Crippen LogP) is 0.292. The molecule has 3 atom stereocenters. The molecule has 1 fully saturated rings. The summed E-state index contributed by atoms with van der Waals surface area (Å²) in [6, 6.07) is 0. The van der Waals surface area contributed by atoms with E-state index >= 15 is 0 Å². The fraction of sp³-hybridized carbons (Fsp3) is 0.533. The molecule has 8 heteroatoms. The third-order valence-corrected chi connectivity index (χ3v) is 3.70. The molecular weight excluding hydrogens is 298 g/mol. The molecule has 1 saturated heterocycles. The van der Waals surface area contributed by atoms with Gasteiger partial charge < -0.3 is 20.3 Å². The number of fused-ring (bicyclic) bond motifs is 1. The monoisotopic (exact) mass is 317 g/mol. The zero-order valence-corrected chi connectivity index (χ0v) is 12.8. The van der Waals surface area contributed by atoms with Crippen molar-refractivity contribution in [2.45, 2.75) is 38.2 Å². The quantitative estimate of drug-likeness (QED) is 0.696. The molecule has 3 rings (SSSR count). The van der Waals surface area contributed by atoms with Crippen LogP contribution in [0.3, 0.4) is 0 Å². The average Bonchev–Trinajstić information content (AvgIpc) is 3.15. The highest BCUT2D eigenvalue weighted by Crippen LogP contribution is 2.31. The second-order valence-electron chi connectivity index (χ2n) is 5.22. The number of ether oxygens (including phenoxy) is 1. The summed E-state index contributed by atoms with van der Waals surface area (Å²) in [5.41, 5.74) is 1.23. The molecule has 23 heavy (non-hydrogen) atoms. The molecule has 0 amide bonds. The summed E-state index contributed by atoms with van der Waals surface area (Å²) in [5.74, 6) is 6.58. The van der Waals surface area contributed by atoms with Crippen molar-refractivity contribution in [3.8, 4) is 11.8 Å². The van der Waals surface area contributed by atoms with Crippen LogP contribution in [-0.2, 0) is 4.74 Å². The Morgan fingerprint density at radius 1 is 1.39 bits per heavy atom. The summed E-state index contributed by atoms with van der Waals surface area (Å²) >= 11 is 0. The minimum atomic E-state index is -0.703. The van der Waals surface area contributed by atoms with Crippen LogP contribution in [0.15, 0.2) is 12.7 Å². The van der Waals surface area contributed by atoms with Gasteiger partial charge in [-0.3, -0.25) is 4.57 Å². The molecule has 0 radical (unpaired) electrons. The van der Waals surface area contributed by atoms with Gasteiger partial charge in [0.1, 0.15) is 18.7 Å². The number of nitrogens with one attached hydrogen (secondary N) is 1. The lowest BCUT2D eigenvalue weighted by atomic mass is 10.2. The maximum atomic E-state index is 9.87. The molecule has 3 N–H and O–H groups in total. The van der Waals surface area contributed by atoms with E-state index in [-0.39, 0.29) is 6.61 Å². The fourth-order valence-corrected chi connectivity index (χ4v) is 2.56. The number of aromatic nitrogens is 4. The van der Waals surface area contributed by atoms with Crippen molar-refractivity contribution in [1.82, 2.24) is 19.5 Å². The summed E-state index contributed by atoms with van der Waals surface area (Å²) in [6.07, 6.45) is 2.56. The van der Waals surface area contributed by atoms with Crippen LogP contribution in [0.2, 0.25) is 0 Å². The van der Waals surface area contributed by atoms with E-state index in [1.54, 1.807) is 10.9 Å². The van der Waals surface area contributed by atoms with Gasteiger partial charge in [-0.15, -0.1) is 5.92 Å². The van der Waals surface area contributed by atoms with E-state index in [2.05, 4.69) is 32.1 Å². The van der Waals surface area contributed by atoms with Crippen molar-refractivity contribution < 1.29 is 14.9 Å². The number of hydrogen-bond acceptors (Lipinski definition) is 7. The van der Waals surface area contributed by atoms with E-state index < -0.39 is 18.4 Å². The molecule has 0 aromatic carbocycles. The van der Waals surface area contributed by atoms with Crippen molar-refractivity contribution in [1.29, 1.82) is 0 Å². The molecular formula is C15H19N5O3. The minimum Gasteiger partial charge on any atom is -0.394 e. The highest BCUT2D eigenvalue weighted by atomic mass is 16.5. The van der Waals surface area contributed by atoms with Gasteiger partial charge in [0.25, 0.3) is 0 Å². The Morgan fingerprint density at radius 2 is 2.26 bits per heavy atom. The lowest BCUT2D eigenvalue weighted by Crippen LogP contribution is -2.24. The Kier molecular flexibility index (Phi) is 4.71. The molecule has 0 unspecified atom stereocenters. The first-order chi connectivity index (χ1) is 11.2. The number of imidazole rings is 1. The normalized spacial score (nSPS) is 23.7. The van der Waals surface area contributed by atoms with Crippen LogP contribution in [0.1, 0.15) is 26.0 Å². The summed E-state index contributed by atoms with van der Waals surface area (Å²) in [5, 5.41) is 22.2. The Bertz CT molecular complexity index is 736. The predicted molar refractivity (Wildman–Crippen MR) is 83.5 cm³/mol. The number of rotatable bonds is 4. The van der Waals surface area contributed by atoms with Crippen LogP contribution in [0.4, 0.5) is 5.82 Å². The van der Waals surface area contributed by atoms with Crippen LogP contribution in [0, 0.1) is 11.8 Å². The SMILES string of the molecule is CCC#CCNc1ncnc2c1ncn2[C@H]1C[C@H](O)[C@@H](CO)O1. The van der Waals surface area contributed by atoms with Crippen molar-refractivity contribution >= 4 is 17.0 Å². The van der Waals surface area contributed by atoms with Gasteiger partial charge >= 0.3 is 0 Å². The first-order valence-corrected chi connectivity index (χ1v) is 7.56. The van der Waals surface area contributed by atoms with Gasteiger partial charge in [-0.25, -0.2) is 15.0 Å². The average molecular weight is 317 g/mol. The maximum Gasteiger partial charge on any atom is 0.167 e. The van der Waals surface area contributed by atoms with E-state index in [0.717, 1.165) is 6.42 Å². The van der Waals surface area contributed by atoms with E-state index in [4.69, 9.17) is 4.74 Å². The van der Waals surface area contributed by atoms with Crippen molar-refractivity contribution in [3.63, 3.8) is 0 Å². The molecule has 2 aromatic rings. The summed E-state index contributed by atoms with van der Waals surface area (Å²) < 4.78 is 7.40. The van der Waals surface area contributed by atoms with Crippen LogP contribution in [-0.4, -0.2) is 55.1 Å². The van der Waals surface area contributed by atoms with Gasteiger partial charge in [0.15, 0.2) is 17.0 Å². The zero-order valence-electron chi connectivity index (χ0n) is 12.8. The minimum absolute atomic E-state index is 0.220. The largest absolute Gasteiger partial charge is 0.394 e. The van der Waals surface area contributed by atoms with Crippen LogP contribution >= 0.6 is 0 Å². The first-order valence-electron chi connectivity index (χ1n) is 7.56. The molecule has 8 nitrogen and oxygen atoms in total. The second-order valence-corrected chi connectivity index (χ2v) is 5.22. The molecule has 0 aliphatic carbocycles. The summed E-state index contributed by atoms with van der Waals surface area (Å²) in [4.78, 5) is 12.8. The molecule has 1 aliphatic rings. The van der Waals surface area contributed by atoms with Gasteiger partial charge in [0.2, 0.25) is 0 Å². The molecule has 0 spiro atoms. The molecule has 3 heterocycles. The van der Waals surface area contributed by atoms with Crippen molar-refractivity contribution in [2.75, 3.05) is 18.5 Å². The number of aliphatic hydroxyl groups excluding tert-OH is 2. The molecule has 1 aliphatic heterocycles. The first kappa shape index (κ1) is 15.7. The van der Waals surface area contributed by atoms with Gasteiger partial charge in [-0.2, -0.15) is 0 Å². The lowest BCUT2D eigenvalue weighted by Gasteiger charge is -2.13. The highest BCUT2D eigenvalue weighted by molar-refractivity contribution is 5.82. The number of aliphatic hydroxyl groups is 2. The van der Waals surface area contributed by atoms with Crippen LogP contribution in [0.25, 0.3) is 11.2 Å². The third-order valence-electron chi connectivity index (χ3n) is 3.70. The van der Waals surface area contributed by atoms with Crippen LogP contribution in [0.5, 0.6) is 0 Å². The topological polar surface area (TPSA) is 105 Å². The highest BCUT2D eigenvalue weighted by Gasteiger charge is 2.35. The lowest BCUT2D eigenvalue weighted by molar-refractivity contribution is -0.0432. The Balaban J connectivity index is 1.84. The Labute approximate surface area is 133 Å². The second kappa shape index (κ2) is 6.91. The number of hydrogen-bond donors (Lipinski definition) is 3. The van der Waals surface area contributed by atoms with Gasteiger partial charge in [-0.1, -0.05) is 12.8 Å². The van der Waals surface area contributed by atoms with E-state index in [9.17, 15) is 10.2 Å². The Morgan fingerprint density at radius 3 is 3.00 bits per heavy atom. The molecule has 122 valence electrons. The zero-order chi connectivity index (χ0) is 16.2. The summed E-state index contributed by atoms with van der Waals surface area (Å²) in [7, 11) is 0. The third kappa shape index (κ3) is 3.12. The van der Waals surface area contributed by atoms with Crippen molar-refractivity contribution in [3.05, 3.63) is 12.7 Å². The molecule has 0 bridgehead atoms. The van der Waals surface area contributed by atoms with Gasteiger partial charge in [0.05, 0.1) is 25.6 Å². The van der Waals surface area contributed by atoms with E-state index in [1.165, 1.54) is 6.33 Å². The van der Waals surface area contributed by atoms with E-state index in [0.29, 0.717) is 29.9 Å². The fourth-order valence-electron chi connectivity index (χ4n) is 2.56. The molecule has 0 saturated carbocycles. The number of nitrogens with zero attached hydrogens (tertiary/aromatic N) is 4. The van der Waals surface area contributed by atoms with Gasteiger partial charge in [-0.05, 0) is 0 Å². The smallest absolute Gasteiger partial charge is 0.167 e. The standard InChI is InChI=1S/C15H19N5O3/c1-2-3-4-5-16-14-13-15(18-8-17-14)20(9-19-13)12-6-10(22)11(7-21)23-12/h8-12,21-22H,2,5-7H2,1H3,(H,16,17,18)/t10-,11+,12+/m0/s1. The Hall–Kier alpha value is -2.21. The van der Waals surface area contributed by atoms with Crippen molar-refractivity contribution in [2.24, 2.45) is 0 Å². The van der Waals surface area contributed by atoms with E-state index in [1.807, 2.05) is 6.92 Å². The summed E-state index contributed by atoms with van der Waals surface area (Å²) in [6.45, 7) is 2.26. The van der Waals surface area contributed by atoms with Gasteiger partial charge in [0, 0.05) is 12.8 Å².